The van der Waals surface area contributed by atoms with Crippen LogP contribution in [0.15, 0.2) is 53.2 Å². The monoisotopic (exact) mass is 445 g/mol. The van der Waals surface area contributed by atoms with Crippen LogP contribution in [0.25, 0.3) is 39.6 Å². The summed E-state index contributed by atoms with van der Waals surface area (Å²) in [6, 6.07) is 13.7. The molecule has 1 aliphatic rings. The van der Waals surface area contributed by atoms with Gasteiger partial charge in [-0.3, -0.25) is 4.57 Å². The number of aromatic nitrogens is 5. The van der Waals surface area contributed by atoms with Crippen LogP contribution in [0.3, 0.4) is 0 Å². The van der Waals surface area contributed by atoms with Gasteiger partial charge in [-0.15, -0.1) is 0 Å². The van der Waals surface area contributed by atoms with Gasteiger partial charge >= 0.3 is 0 Å². The predicted octanol–water partition coefficient (Wildman–Crippen LogP) is 5.27. The van der Waals surface area contributed by atoms with Gasteiger partial charge in [0.15, 0.2) is 5.58 Å². The third-order valence-electron chi connectivity index (χ3n) is 5.87. The molecule has 0 saturated heterocycles. The molecule has 3 aromatic heterocycles. The molecule has 0 saturated carbocycles. The van der Waals surface area contributed by atoms with E-state index in [1.165, 1.54) is 0 Å². The quantitative estimate of drug-likeness (QED) is 0.369. The lowest BCUT2D eigenvalue weighted by atomic mass is 10.1. The molecule has 0 atom stereocenters. The molecule has 8 heteroatoms. The minimum atomic E-state index is 0.412. The summed E-state index contributed by atoms with van der Waals surface area (Å²) >= 11 is 6.43. The van der Waals surface area contributed by atoms with Crippen LogP contribution >= 0.6 is 11.6 Å². The number of ether oxygens (including phenoxy) is 1. The normalized spacial score (nSPS) is 12.5. The summed E-state index contributed by atoms with van der Waals surface area (Å²) in [4.78, 5) is 14.3. The Morgan fingerprint density at radius 1 is 1.16 bits per heavy atom. The van der Waals surface area contributed by atoms with Crippen LogP contribution in [0.5, 0.6) is 0 Å². The summed E-state index contributed by atoms with van der Waals surface area (Å²) in [7, 11) is 1.68. The minimum Gasteiger partial charge on any atom is -0.435 e. The number of oxazole rings is 1. The molecular formula is C24H20ClN5O2. The van der Waals surface area contributed by atoms with Crippen molar-refractivity contribution in [2.75, 3.05) is 7.11 Å². The van der Waals surface area contributed by atoms with E-state index in [0.717, 1.165) is 51.7 Å². The van der Waals surface area contributed by atoms with Crippen LogP contribution in [0, 0.1) is 0 Å². The second-order valence-corrected chi connectivity index (χ2v) is 8.19. The Morgan fingerprint density at radius 3 is 2.84 bits per heavy atom. The highest BCUT2D eigenvalue weighted by Gasteiger charge is 2.29. The molecule has 32 heavy (non-hydrogen) atoms. The van der Waals surface area contributed by atoms with Crippen molar-refractivity contribution >= 4 is 22.7 Å². The van der Waals surface area contributed by atoms with E-state index >= 15 is 0 Å². The molecule has 160 valence electrons. The molecule has 0 unspecified atom stereocenters. The van der Waals surface area contributed by atoms with Crippen molar-refractivity contribution in [1.29, 1.82) is 0 Å². The second-order valence-electron chi connectivity index (χ2n) is 7.75. The fourth-order valence-corrected chi connectivity index (χ4v) is 4.63. The van der Waals surface area contributed by atoms with Crippen molar-refractivity contribution in [1.82, 2.24) is 24.1 Å². The highest BCUT2D eigenvalue weighted by atomic mass is 35.5. The SMILES string of the molecule is CCc1nc(COC)n2c1-c1cc(Cl)ccc1-n1cnc(-c3nc4ccccc4o3)c1C2. The maximum atomic E-state index is 6.43. The fourth-order valence-electron chi connectivity index (χ4n) is 4.45. The Bertz CT molecular complexity index is 1450. The van der Waals surface area contributed by atoms with Crippen molar-refractivity contribution in [3.63, 3.8) is 0 Å². The molecular weight excluding hydrogens is 426 g/mol. The van der Waals surface area contributed by atoms with E-state index in [1.54, 1.807) is 7.11 Å². The Labute approximate surface area is 189 Å². The van der Waals surface area contributed by atoms with Gasteiger partial charge in [-0.25, -0.2) is 15.0 Å². The third kappa shape index (κ3) is 2.82. The molecule has 4 heterocycles. The number of benzene rings is 2. The number of rotatable bonds is 4. The van der Waals surface area contributed by atoms with Crippen molar-refractivity contribution < 1.29 is 9.15 Å². The maximum Gasteiger partial charge on any atom is 0.248 e. The van der Waals surface area contributed by atoms with E-state index < -0.39 is 0 Å². The molecule has 0 spiro atoms. The van der Waals surface area contributed by atoms with Crippen LogP contribution in [0.2, 0.25) is 5.02 Å². The molecule has 0 fully saturated rings. The molecule has 1 aliphatic heterocycles. The summed E-state index contributed by atoms with van der Waals surface area (Å²) < 4.78 is 15.8. The molecule has 0 bridgehead atoms. The average molecular weight is 446 g/mol. The van der Waals surface area contributed by atoms with Crippen LogP contribution in [-0.2, 0) is 24.3 Å². The molecule has 5 aromatic rings. The molecule has 0 radical (unpaired) electrons. The van der Waals surface area contributed by atoms with E-state index in [9.17, 15) is 0 Å². The molecule has 0 aliphatic carbocycles. The number of hydrogen-bond donors (Lipinski definition) is 0. The van der Waals surface area contributed by atoms with Gasteiger partial charge in [-0.05, 0) is 36.8 Å². The Balaban J connectivity index is 1.63. The summed E-state index contributed by atoms with van der Waals surface area (Å²) in [5.41, 5.74) is 7.32. The number of methoxy groups -OCH3 is 1. The van der Waals surface area contributed by atoms with Gasteiger partial charge in [0.05, 0.1) is 29.3 Å². The molecule has 6 rings (SSSR count). The predicted molar refractivity (Wildman–Crippen MR) is 122 cm³/mol. The van der Waals surface area contributed by atoms with E-state index in [0.29, 0.717) is 29.8 Å². The number of aryl methyl sites for hydroxylation is 1. The zero-order valence-electron chi connectivity index (χ0n) is 17.7. The Hall–Kier alpha value is -3.42. The van der Waals surface area contributed by atoms with Gasteiger partial charge in [0.1, 0.15) is 30.0 Å². The van der Waals surface area contributed by atoms with Crippen LogP contribution in [0.4, 0.5) is 0 Å². The zero-order chi connectivity index (χ0) is 21.8. The molecule has 0 amide bonds. The van der Waals surface area contributed by atoms with Gasteiger partial charge in [0.25, 0.3) is 0 Å². The summed E-state index contributed by atoms with van der Waals surface area (Å²) in [5.74, 6) is 1.37. The number of para-hydroxylation sites is 2. The second kappa shape index (κ2) is 7.32. The first-order chi connectivity index (χ1) is 15.7. The molecule has 7 nitrogen and oxygen atoms in total. The number of hydrogen-bond acceptors (Lipinski definition) is 5. The Kier molecular flexibility index (Phi) is 4.41. The van der Waals surface area contributed by atoms with Gasteiger partial charge < -0.3 is 13.7 Å². The first kappa shape index (κ1) is 19.3. The van der Waals surface area contributed by atoms with Crippen LogP contribution in [-0.4, -0.2) is 31.2 Å². The highest BCUT2D eigenvalue weighted by molar-refractivity contribution is 6.31. The number of imidazole rings is 2. The smallest absolute Gasteiger partial charge is 0.248 e. The van der Waals surface area contributed by atoms with Gasteiger partial charge in [0, 0.05) is 17.7 Å². The van der Waals surface area contributed by atoms with Gasteiger partial charge in [-0.2, -0.15) is 0 Å². The number of fused-ring (bicyclic) bond motifs is 6. The highest BCUT2D eigenvalue weighted by Crippen LogP contribution is 2.39. The lowest BCUT2D eigenvalue weighted by Gasteiger charge is -2.11. The van der Waals surface area contributed by atoms with Crippen molar-refractivity contribution in [2.45, 2.75) is 26.5 Å². The number of nitrogens with zero attached hydrogens (tertiary/aromatic N) is 5. The van der Waals surface area contributed by atoms with E-state index in [-0.39, 0.29) is 0 Å². The third-order valence-corrected chi connectivity index (χ3v) is 6.11. The van der Waals surface area contributed by atoms with E-state index in [2.05, 4.69) is 21.0 Å². The average Bonchev–Trinajstić information content (AvgIpc) is 3.47. The van der Waals surface area contributed by atoms with Crippen molar-refractivity contribution in [2.24, 2.45) is 0 Å². The van der Waals surface area contributed by atoms with E-state index in [1.807, 2.05) is 48.8 Å². The first-order valence-electron chi connectivity index (χ1n) is 10.5. The van der Waals surface area contributed by atoms with Crippen LogP contribution in [0.1, 0.15) is 24.1 Å². The van der Waals surface area contributed by atoms with Crippen molar-refractivity contribution in [3.8, 4) is 28.5 Å². The minimum absolute atomic E-state index is 0.412. The fraction of sp³-hybridized carbons (Fsp3) is 0.208. The van der Waals surface area contributed by atoms with Crippen molar-refractivity contribution in [3.05, 3.63) is 71.0 Å². The topological polar surface area (TPSA) is 70.9 Å². The van der Waals surface area contributed by atoms with Gasteiger partial charge in [-0.1, -0.05) is 30.7 Å². The standard InChI is InChI=1S/C24H20ClN5O2/c1-3-16-23-15-10-14(25)8-9-18(15)30-13-26-22(19(30)11-29(23)21(27-16)12-31-2)24-28-17-6-4-5-7-20(17)32-24/h4-10,13H,3,11-12H2,1-2H3. The Morgan fingerprint density at radius 2 is 2.03 bits per heavy atom. The lowest BCUT2D eigenvalue weighted by Crippen LogP contribution is -2.09. The summed E-state index contributed by atoms with van der Waals surface area (Å²) in [6.45, 7) is 3.08. The number of halogens is 1. The zero-order valence-corrected chi connectivity index (χ0v) is 18.4. The van der Waals surface area contributed by atoms with E-state index in [4.69, 9.17) is 30.7 Å². The largest absolute Gasteiger partial charge is 0.435 e. The first-order valence-corrected chi connectivity index (χ1v) is 10.9. The maximum absolute atomic E-state index is 6.43. The van der Waals surface area contributed by atoms with Crippen LogP contribution < -0.4 is 0 Å². The van der Waals surface area contributed by atoms with Gasteiger partial charge in [0.2, 0.25) is 5.89 Å². The molecule has 0 N–H and O–H groups in total. The summed E-state index contributed by atoms with van der Waals surface area (Å²) in [6.07, 6.45) is 2.63. The molecule has 2 aromatic carbocycles. The summed E-state index contributed by atoms with van der Waals surface area (Å²) in [5, 5.41) is 0.676. The lowest BCUT2D eigenvalue weighted by molar-refractivity contribution is 0.174.